The number of alkyl halides is 3. The zero-order valence-electron chi connectivity index (χ0n) is 11.2. The van der Waals surface area contributed by atoms with Crippen molar-refractivity contribution < 1.29 is 18.0 Å². The molecule has 1 aromatic heterocycles. The van der Waals surface area contributed by atoms with Crippen LogP contribution in [-0.4, -0.2) is 11.4 Å². The molecule has 0 aliphatic heterocycles. The zero-order chi connectivity index (χ0) is 15.5. The summed E-state index contributed by atoms with van der Waals surface area (Å²) in [7, 11) is 0. The van der Waals surface area contributed by atoms with Crippen LogP contribution in [-0.2, 0) is 17.5 Å². The lowest BCUT2D eigenvalue weighted by molar-refractivity contribution is -0.141. The van der Waals surface area contributed by atoms with Gasteiger partial charge in [0.1, 0.15) is 5.69 Å². The minimum absolute atomic E-state index is 0.367. The van der Waals surface area contributed by atoms with Gasteiger partial charge in [-0.15, -0.1) is 0 Å². The predicted octanol–water partition coefficient (Wildman–Crippen LogP) is 3.32. The van der Waals surface area contributed by atoms with Crippen LogP contribution in [0.15, 0.2) is 36.5 Å². The fraction of sp³-hybridized carbons (Fsp3) is 0.200. The second-order valence-electron chi connectivity index (χ2n) is 4.64. The molecule has 1 amide bonds. The second kappa shape index (κ2) is 5.95. The molecule has 1 aromatic carbocycles. The SMILES string of the molecule is Cc1cc(CNC=O)cc(-c2ccc(C(F)(F)F)nc2)c1. The van der Waals surface area contributed by atoms with Crippen LogP contribution < -0.4 is 5.32 Å². The number of nitrogens with zero attached hydrogens (tertiary/aromatic N) is 1. The van der Waals surface area contributed by atoms with Gasteiger partial charge in [-0.2, -0.15) is 13.2 Å². The summed E-state index contributed by atoms with van der Waals surface area (Å²) in [5, 5.41) is 2.55. The van der Waals surface area contributed by atoms with Gasteiger partial charge < -0.3 is 5.32 Å². The molecule has 0 saturated carbocycles. The number of rotatable bonds is 4. The van der Waals surface area contributed by atoms with E-state index in [2.05, 4.69) is 10.3 Å². The Bertz CT molecular complexity index is 636. The van der Waals surface area contributed by atoms with Crippen LogP contribution >= 0.6 is 0 Å². The van der Waals surface area contributed by atoms with Crippen LogP contribution in [0.3, 0.4) is 0 Å². The molecule has 0 unspecified atom stereocenters. The number of nitrogens with one attached hydrogen (secondary N) is 1. The van der Waals surface area contributed by atoms with Crippen LogP contribution in [0, 0.1) is 6.92 Å². The molecule has 0 spiro atoms. The lowest BCUT2D eigenvalue weighted by atomic mass is 10.0. The molecular weight excluding hydrogens is 281 g/mol. The maximum absolute atomic E-state index is 12.5. The monoisotopic (exact) mass is 294 g/mol. The summed E-state index contributed by atoms with van der Waals surface area (Å²) < 4.78 is 37.5. The Morgan fingerprint density at radius 1 is 1.19 bits per heavy atom. The topological polar surface area (TPSA) is 42.0 Å². The first kappa shape index (κ1) is 15.0. The fourth-order valence-electron chi connectivity index (χ4n) is 2.02. The Morgan fingerprint density at radius 3 is 2.52 bits per heavy atom. The van der Waals surface area contributed by atoms with Gasteiger partial charge in [-0.1, -0.05) is 23.8 Å². The minimum Gasteiger partial charge on any atom is -0.355 e. The number of aryl methyl sites for hydroxylation is 1. The molecule has 0 saturated heterocycles. The molecule has 0 radical (unpaired) electrons. The molecule has 6 heteroatoms. The molecule has 110 valence electrons. The number of pyridine rings is 1. The summed E-state index contributed by atoms with van der Waals surface area (Å²) in [5.74, 6) is 0. The Labute approximate surface area is 119 Å². The molecular formula is C15H13F3N2O. The zero-order valence-corrected chi connectivity index (χ0v) is 11.2. The van der Waals surface area contributed by atoms with Gasteiger partial charge in [0.25, 0.3) is 0 Å². The standard InChI is InChI=1S/C15H13F3N2O/c1-10-4-11(7-19-9-21)6-13(5-10)12-2-3-14(20-8-12)15(16,17)18/h2-6,8-9H,7H2,1H3,(H,19,21). The first-order valence-corrected chi connectivity index (χ1v) is 6.21. The van der Waals surface area contributed by atoms with E-state index in [9.17, 15) is 18.0 Å². The molecule has 0 aliphatic rings. The summed E-state index contributed by atoms with van der Waals surface area (Å²) in [4.78, 5) is 13.8. The third-order valence-corrected chi connectivity index (χ3v) is 2.91. The van der Waals surface area contributed by atoms with Gasteiger partial charge in [0.05, 0.1) is 0 Å². The number of halogens is 3. The molecule has 2 aromatic rings. The Morgan fingerprint density at radius 2 is 1.95 bits per heavy atom. The van der Waals surface area contributed by atoms with Gasteiger partial charge in [0, 0.05) is 18.3 Å². The number of carbonyl (C=O) groups is 1. The molecule has 0 atom stereocenters. The molecule has 2 rings (SSSR count). The summed E-state index contributed by atoms with van der Waals surface area (Å²) in [5.41, 5.74) is 2.27. The highest BCUT2D eigenvalue weighted by atomic mass is 19.4. The van der Waals surface area contributed by atoms with E-state index in [4.69, 9.17) is 0 Å². The summed E-state index contributed by atoms with van der Waals surface area (Å²) in [6.45, 7) is 2.25. The van der Waals surface area contributed by atoms with Crippen molar-refractivity contribution in [2.24, 2.45) is 0 Å². The maximum Gasteiger partial charge on any atom is 0.433 e. The van der Waals surface area contributed by atoms with E-state index < -0.39 is 11.9 Å². The average Bonchev–Trinajstić information content (AvgIpc) is 2.44. The van der Waals surface area contributed by atoms with Gasteiger partial charge in [0.2, 0.25) is 6.41 Å². The van der Waals surface area contributed by atoms with E-state index in [1.807, 2.05) is 25.1 Å². The number of aromatic nitrogens is 1. The van der Waals surface area contributed by atoms with E-state index >= 15 is 0 Å². The van der Waals surface area contributed by atoms with Crippen LogP contribution in [0.2, 0.25) is 0 Å². The largest absolute Gasteiger partial charge is 0.433 e. The van der Waals surface area contributed by atoms with Crippen LogP contribution in [0.1, 0.15) is 16.8 Å². The summed E-state index contributed by atoms with van der Waals surface area (Å²) in [6, 6.07) is 7.92. The molecule has 21 heavy (non-hydrogen) atoms. The normalized spacial score (nSPS) is 11.2. The Hall–Kier alpha value is -2.37. The number of amides is 1. The number of hydrogen-bond acceptors (Lipinski definition) is 2. The van der Waals surface area contributed by atoms with Gasteiger partial charge in [0.15, 0.2) is 0 Å². The lowest BCUT2D eigenvalue weighted by Crippen LogP contribution is -2.10. The van der Waals surface area contributed by atoms with Crippen molar-refractivity contribution in [3.05, 3.63) is 53.3 Å². The van der Waals surface area contributed by atoms with Crippen molar-refractivity contribution in [2.75, 3.05) is 0 Å². The number of hydrogen-bond donors (Lipinski definition) is 1. The van der Waals surface area contributed by atoms with Crippen molar-refractivity contribution in [1.29, 1.82) is 0 Å². The van der Waals surface area contributed by atoms with E-state index in [1.165, 1.54) is 12.3 Å². The summed E-state index contributed by atoms with van der Waals surface area (Å²) >= 11 is 0. The smallest absolute Gasteiger partial charge is 0.355 e. The molecule has 0 aliphatic carbocycles. The van der Waals surface area contributed by atoms with E-state index in [-0.39, 0.29) is 0 Å². The van der Waals surface area contributed by atoms with Crippen molar-refractivity contribution in [1.82, 2.24) is 10.3 Å². The van der Waals surface area contributed by atoms with E-state index in [0.29, 0.717) is 18.5 Å². The van der Waals surface area contributed by atoms with Gasteiger partial charge in [-0.05, 0) is 30.2 Å². The molecule has 1 heterocycles. The lowest BCUT2D eigenvalue weighted by Gasteiger charge is -2.09. The van der Waals surface area contributed by atoms with Crippen molar-refractivity contribution in [3.63, 3.8) is 0 Å². The fourth-order valence-corrected chi connectivity index (χ4v) is 2.02. The highest BCUT2D eigenvalue weighted by Crippen LogP contribution is 2.29. The second-order valence-corrected chi connectivity index (χ2v) is 4.64. The van der Waals surface area contributed by atoms with Gasteiger partial charge >= 0.3 is 6.18 Å². The summed E-state index contributed by atoms with van der Waals surface area (Å²) in [6.07, 6.45) is -2.64. The quantitative estimate of drug-likeness (QED) is 0.879. The maximum atomic E-state index is 12.5. The number of carbonyl (C=O) groups excluding carboxylic acids is 1. The Balaban J connectivity index is 2.33. The molecule has 3 nitrogen and oxygen atoms in total. The first-order chi connectivity index (χ1) is 9.90. The van der Waals surface area contributed by atoms with Crippen LogP contribution in [0.25, 0.3) is 11.1 Å². The van der Waals surface area contributed by atoms with Crippen molar-refractivity contribution in [3.8, 4) is 11.1 Å². The van der Waals surface area contributed by atoms with Crippen molar-refractivity contribution >= 4 is 6.41 Å². The average molecular weight is 294 g/mol. The van der Waals surface area contributed by atoms with Gasteiger partial charge in [-0.25, -0.2) is 0 Å². The molecule has 0 fully saturated rings. The van der Waals surface area contributed by atoms with E-state index in [0.717, 1.165) is 22.8 Å². The highest BCUT2D eigenvalue weighted by Gasteiger charge is 2.32. The van der Waals surface area contributed by atoms with Gasteiger partial charge in [-0.3, -0.25) is 9.78 Å². The minimum atomic E-state index is -4.44. The third kappa shape index (κ3) is 3.81. The van der Waals surface area contributed by atoms with Crippen LogP contribution in [0.5, 0.6) is 0 Å². The third-order valence-electron chi connectivity index (χ3n) is 2.91. The molecule has 1 N–H and O–H groups in total. The number of benzene rings is 1. The first-order valence-electron chi connectivity index (χ1n) is 6.21. The highest BCUT2D eigenvalue weighted by molar-refractivity contribution is 5.64. The van der Waals surface area contributed by atoms with E-state index in [1.54, 1.807) is 0 Å². The van der Waals surface area contributed by atoms with Crippen molar-refractivity contribution in [2.45, 2.75) is 19.6 Å². The van der Waals surface area contributed by atoms with Crippen LogP contribution in [0.4, 0.5) is 13.2 Å². The molecule has 0 bridgehead atoms. The predicted molar refractivity (Wildman–Crippen MR) is 72.3 cm³/mol. The Kier molecular flexibility index (Phi) is 4.26.